The van der Waals surface area contributed by atoms with Crippen LogP contribution in [0.4, 0.5) is 0 Å². The van der Waals surface area contributed by atoms with Gasteiger partial charge in [0.05, 0.1) is 6.07 Å². The van der Waals surface area contributed by atoms with Crippen LogP contribution in [0.1, 0.15) is 31.4 Å². The first-order chi connectivity index (χ1) is 7.81. The van der Waals surface area contributed by atoms with E-state index >= 15 is 0 Å². The lowest BCUT2D eigenvalue weighted by Gasteiger charge is -2.33. The predicted octanol–water partition coefficient (Wildman–Crippen LogP) is 2.38. The van der Waals surface area contributed by atoms with Gasteiger partial charge in [0, 0.05) is 18.0 Å². The Morgan fingerprint density at radius 3 is 2.81 bits per heavy atom. The highest BCUT2D eigenvalue weighted by Gasteiger charge is 2.24. The second-order valence-corrected chi connectivity index (χ2v) is 4.54. The van der Waals surface area contributed by atoms with Gasteiger partial charge in [-0.3, -0.25) is 9.88 Å². The van der Waals surface area contributed by atoms with Crippen LogP contribution in [0.5, 0.6) is 0 Å². The Balaban J connectivity index is 2.09. The summed E-state index contributed by atoms with van der Waals surface area (Å²) in [5, 5.41) is 9.28. The molecule has 3 nitrogen and oxygen atoms in total. The van der Waals surface area contributed by atoms with Crippen molar-refractivity contribution >= 4 is 0 Å². The third-order valence-electron chi connectivity index (χ3n) is 3.31. The molecule has 0 bridgehead atoms. The highest BCUT2D eigenvalue weighted by molar-refractivity contribution is 5.20. The molecular weight excluding hydrogens is 198 g/mol. The summed E-state index contributed by atoms with van der Waals surface area (Å²) >= 11 is 0. The minimum absolute atomic E-state index is 0.124. The largest absolute Gasteiger partial charge is 0.284 e. The number of aromatic nitrogens is 1. The van der Waals surface area contributed by atoms with Gasteiger partial charge in [-0.25, -0.2) is 0 Å². The summed E-state index contributed by atoms with van der Waals surface area (Å²) < 4.78 is 0. The van der Waals surface area contributed by atoms with E-state index in [1.807, 2.05) is 12.1 Å². The predicted molar refractivity (Wildman–Crippen MR) is 62.6 cm³/mol. The van der Waals surface area contributed by atoms with Gasteiger partial charge >= 0.3 is 0 Å². The summed E-state index contributed by atoms with van der Waals surface area (Å²) in [5.74, 6) is 0.796. The molecule has 1 atom stereocenters. The quantitative estimate of drug-likeness (QED) is 0.760. The molecule has 0 aliphatic carbocycles. The molecule has 1 saturated heterocycles. The Bertz CT molecular complexity index is 361. The van der Waals surface area contributed by atoms with Crippen LogP contribution in [-0.2, 0) is 0 Å². The van der Waals surface area contributed by atoms with Crippen LogP contribution in [0.25, 0.3) is 0 Å². The summed E-state index contributed by atoms with van der Waals surface area (Å²) in [4.78, 5) is 6.35. The zero-order valence-electron chi connectivity index (χ0n) is 9.63. The van der Waals surface area contributed by atoms with Crippen LogP contribution < -0.4 is 0 Å². The number of nitrogens with zero attached hydrogens (tertiary/aromatic N) is 3. The van der Waals surface area contributed by atoms with E-state index in [1.165, 1.54) is 12.8 Å². The zero-order valence-corrected chi connectivity index (χ0v) is 9.63. The second kappa shape index (κ2) is 5.09. The van der Waals surface area contributed by atoms with E-state index in [9.17, 15) is 5.26 Å². The first-order valence-electron chi connectivity index (χ1n) is 5.85. The lowest BCUT2D eigenvalue weighted by Crippen LogP contribution is -2.35. The number of hydrogen-bond donors (Lipinski definition) is 0. The molecule has 16 heavy (non-hydrogen) atoms. The Morgan fingerprint density at radius 1 is 1.50 bits per heavy atom. The van der Waals surface area contributed by atoms with E-state index in [0.29, 0.717) is 0 Å². The summed E-state index contributed by atoms with van der Waals surface area (Å²) in [5.41, 5.74) is 1.01. The monoisotopic (exact) mass is 215 g/mol. The van der Waals surface area contributed by atoms with E-state index < -0.39 is 0 Å². The Hall–Kier alpha value is -1.40. The SMILES string of the molecule is CC1CCN(C(C#N)c2cccnc2)CC1. The van der Waals surface area contributed by atoms with Crippen molar-refractivity contribution in [3.63, 3.8) is 0 Å². The maximum atomic E-state index is 9.28. The third kappa shape index (κ3) is 2.40. The maximum absolute atomic E-state index is 9.28. The van der Waals surface area contributed by atoms with Crippen LogP contribution in [0.2, 0.25) is 0 Å². The Morgan fingerprint density at radius 2 is 2.25 bits per heavy atom. The smallest absolute Gasteiger partial charge is 0.125 e. The molecule has 0 saturated carbocycles. The van der Waals surface area contributed by atoms with Gasteiger partial charge in [0.15, 0.2) is 0 Å². The van der Waals surface area contributed by atoms with Crippen molar-refractivity contribution in [2.45, 2.75) is 25.8 Å². The van der Waals surface area contributed by atoms with E-state index in [2.05, 4.69) is 22.9 Å². The summed E-state index contributed by atoms with van der Waals surface area (Å²) in [6, 6.07) is 6.15. The topological polar surface area (TPSA) is 39.9 Å². The van der Waals surface area contributed by atoms with E-state index in [0.717, 1.165) is 24.6 Å². The first-order valence-corrected chi connectivity index (χ1v) is 5.85. The molecule has 0 radical (unpaired) electrons. The fourth-order valence-corrected chi connectivity index (χ4v) is 2.19. The van der Waals surface area contributed by atoms with Crippen LogP contribution in [0, 0.1) is 17.2 Å². The number of nitriles is 1. The van der Waals surface area contributed by atoms with Gasteiger partial charge in [0.1, 0.15) is 6.04 Å². The molecule has 0 spiro atoms. The second-order valence-electron chi connectivity index (χ2n) is 4.54. The average Bonchev–Trinajstić information content (AvgIpc) is 2.34. The Kier molecular flexibility index (Phi) is 3.53. The van der Waals surface area contributed by atoms with Gasteiger partial charge in [-0.1, -0.05) is 13.0 Å². The molecule has 1 unspecified atom stereocenters. The number of hydrogen-bond acceptors (Lipinski definition) is 3. The van der Waals surface area contributed by atoms with Crippen molar-refractivity contribution < 1.29 is 0 Å². The van der Waals surface area contributed by atoms with E-state index in [1.54, 1.807) is 12.4 Å². The Labute approximate surface area is 96.7 Å². The lowest BCUT2D eigenvalue weighted by molar-refractivity contribution is 0.165. The van der Waals surface area contributed by atoms with Crippen molar-refractivity contribution in [1.29, 1.82) is 5.26 Å². The van der Waals surface area contributed by atoms with Crippen molar-refractivity contribution in [2.24, 2.45) is 5.92 Å². The highest BCUT2D eigenvalue weighted by Crippen LogP contribution is 2.25. The molecular formula is C13H17N3. The molecule has 1 fully saturated rings. The van der Waals surface area contributed by atoms with Crippen molar-refractivity contribution in [3.8, 4) is 6.07 Å². The molecule has 84 valence electrons. The third-order valence-corrected chi connectivity index (χ3v) is 3.31. The molecule has 0 amide bonds. The molecule has 1 aromatic heterocycles. The molecule has 1 aliphatic rings. The van der Waals surface area contributed by atoms with Gasteiger partial charge in [-0.05, 0) is 37.9 Å². The maximum Gasteiger partial charge on any atom is 0.125 e. The summed E-state index contributed by atoms with van der Waals surface area (Å²) in [7, 11) is 0. The fraction of sp³-hybridized carbons (Fsp3) is 0.538. The number of pyridine rings is 1. The van der Waals surface area contributed by atoms with Crippen LogP contribution in [0.3, 0.4) is 0 Å². The van der Waals surface area contributed by atoms with Crippen molar-refractivity contribution in [2.75, 3.05) is 13.1 Å². The van der Waals surface area contributed by atoms with Crippen LogP contribution in [0.15, 0.2) is 24.5 Å². The molecule has 1 aliphatic heterocycles. The molecule has 0 N–H and O–H groups in total. The first kappa shape index (κ1) is 11.1. The van der Waals surface area contributed by atoms with Gasteiger partial charge in [0.25, 0.3) is 0 Å². The van der Waals surface area contributed by atoms with Crippen molar-refractivity contribution in [1.82, 2.24) is 9.88 Å². The molecule has 1 aromatic rings. The number of likely N-dealkylation sites (tertiary alicyclic amines) is 1. The highest BCUT2D eigenvalue weighted by atomic mass is 15.2. The zero-order chi connectivity index (χ0) is 11.4. The van der Waals surface area contributed by atoms with Crippen molar-refractivity contribution in [3.05, 3.63) is 30.1 Å². The van der Waals surface area contributed by atoms with E-state index in [-0.39, 0.29) is 6.04 Å². The van der Waals surface area contributed by atoms with Gasteiger partial charge in [0.2, 0.25) is 0 Å². The summed E-state index contributed by atoms with van der Waals surface area (Å²) in [6.07, 6.45) is 5.93. The number of rotatable bonds is 2. The molecule has 2 heterocycles. The van der Waals surface area contributed by atoms with Crippen LogP contribution in [-0.4, -0.2) is 23.0 Å². The normalized spacial score (nSPS) is 20.2. The molecule has 2 rings (SSSR count). The van der Waals surface area contributed by atoms with Crippen LogP contribution >= 0.6 is 0 Å². The minimum atomic E-state index is -0.124. The van der Waals surface area contributed by atoms with Gasteiger partial charge in [-0.15, -0.1) is 0 Å². The minimum Gasteiger partial charge on any atom is -0.284 e. The lowest BCUT2D eigenvalue weighted by atomic mass is 9.97. The summed E-state index contributed by atoms with van der Waals surface area (Å²) in [6.45, 7) is 4.32. The van der Waals surface area contributed by atoms with Gasteiger partial charge < -0.3 is 0 Å². The molecule has 3 heteroatoms. The standard InChI is InChI=1S/C13H17N3/c1-11-4-7-16(8-5-11)13(9-14)12-3-2-6-15-10-12/h2-3,6,10-11,13H,4-5,7-8H2,1H3. The fourth-order valence-electron chi connectivity index (χ4n) is 2.19. The average molecular weight is 215 g/mol. The number of piperidine rings is 1. The van der Waals surface area contributed by atoms with E-state index in [4.69, 9.17) is 0 Å². The van der Waals surface area contributed by atoms with Gasteiger partial charge in [-0.2, -0.15) is 5.26 Å². The molecule has 0 aromatic carbocycles.